The molecular weight excluding hydrogens is 250 g/mol. The number of carboxylic acids is 1. The molecule has 6 nitrogen and oxygen atoms in total. The van der Waals surface area contributed by atoms with Gasteiger partial charge in [0.05, 0.1) is 11.7 Å². The van der Waals surface area contributed by atoms with Crippen LogP contribution in [0.2, 0.25) is 0 Å². The largest absolute Gasteiger partial charge is 0.478 e. The average molecular weight is 267 g/mol. The first-order valence-corrected chi connectivity index (χ1v) is 6.38. The van der Waals surface area contributed by atoms with Crippen LogP contribution in [0, 0.1) is 0 Å². The molecule has 1 unspecified atom stereocenters. The maximum Gasteiger partial charge on any atom is 0.338 e. The van der Waals surface area contributed by atoms with Crippen molar-refractivity contribution in [1.82, 2.24) is 5.32 Å². The van der Waals surface area contributed by atoms with E-state index in [2.05, 4.69) is 5.32 Å². The second-order valence-corrected chi connectivity index (χ2v) is 4.54. The lowest BCUT2D eigenvalue weighted by Gasteiger charge is -2.22. The first-order valence-electron chi connectivity index (χ1n) is 6.38. The summed E-state index contributed by atoms with van der Waals surface area (Å²) in [7, 11) is 0. The van der Waals surface area contributed by atoms with Crippen molar-refractivity contribution in [1.29, 1.82) is 0 Å². The Morgan fingerprint density at radius 3 is 2.89 bits per heavy atom. The van der Waals surface area contributed by atoms with E-state index in [9.17, 15) is 9.59 Å². The minimum absolute atomic E-state index is 0.0157. The zero-order chi connectivity index (χ0) is 13.7. The fourth-order valence-corrected chi connectivity index (χ4v) is 2.04. The van der Waals surface area contributed by atoms with Crippen LogP contribution in [0.3, 0.4) is 0 Å². The summed E-state index contributed by atoms with van der Waals surface area (Å²) < 4.78 is 10.5. The van der Waals surface area contributed by atoms with Gasteiger partial charge in [-0.2, -0.15) is 0 Å². The second kappa shape index (κ2) is 6.38. The Hall–Kier alpha value is -1.82. The van der Waals surface area contributed by atoms with E-state index in [0.717, 1.165) is 32.1 Å². The summed E-state index contributed by atoms with van der Waals surface area (Å²) in [6.45, 7) is 1.28. The molecule has 0 bridgehead atoms. The molecule has 1 aliphatic heterocycles. The maximum absolute atomic E-state index is 11.7. The molecule has 0 saturated carbocycles. The van der Waals surface area contributed by atoms with Crippen molar-refractivity contribution in [3.8, 4) is 0 Å². The van der Waals surface area contributed by atoms with Crippen LogP contribution in [0.4, 0.5) is 0 Å². The molecule has 19 heavy (non-hydrogen) atoms. The molecule has 2 heterocycles. The van der Waals surface area contributed by atoms with E-state index in [-0.39, 0.29) is 17.4 Å². The third-order valence-corrected chi connectivity index (χ3v) is 3.10. The van der Waals surface area contributed by atoms with E-state index in [1.165, 1.54) is 12.5 Å². The number of carbonyl (C=O) groups is 2. The van der Waals surface area contributed by atoms with Crippen molar-refractivity contribution in [2.45, 2.75) is 31.8 Å². The van der Waals surface area contributed by atoms with Gasteiger partial charge in [0.2, 0.25) is 0 Å². The molecule has 6 heteroatoms. The molecule has 2 N–H and O–H groups in total. The maximum atomic E-state index is 11.7. The zero-order valence-electron chi connectivity index (χ0n) is 10.6. The number of carboxylic acid groups (broad SMARTS) is 1. The number of aromatic carboxylic acids is 1. The summed E-state index contributed by atoms with van der Waals surface area (Å²) in [4.78, 5) is 22.3. The quantitative estimate of drug-likeness (QED) is 0.847. The van der Waals surface area contributed by atoms with Gasteiger partial charge in [0.1, 0.15) is 6.26 Å². The van der Waals surface area contributed by atoms with E-state index in [0.29, 0.717) is 6.54 Å². The SMILES string of the molecule is O=C(O)c1coc(C(=O)NCCC2CCCCO2)c1. The van der Waals surface area contributed by atoms with Crippen LogP contribution in [0.1, 0.15) is 46.6 Å². The smallest absolute Gasteiger partial charge is 0.338 e. The van der Waals surface area contributed by atoms with E-state index >= 15 is 0 Å². The lowest BCUT2D eigenvalue weighted by atomic mass is 10.1. The Labute approximate surface area is 110 Å². The molecule has 1 aromatic heterocycles. The second-order valence-electron chi connectivity index (χ2n) is 4.54. The number of amides is 1. The van der Waals surface area contributed by atoms with Crippen LogP contribution in [-0.4, -0.2) is 36.2 Å². The summed E-state index contributed by atoms with van der Waals surface area (Å²) in [6, 6.07) is 1.22. The lowest BCUT2D eigenvalue weighted by molar-refractivity contribution is 0.0116. The number of nitrogens with one attached hydrogen (secondary N) is 1. The Morgan fingerprint density at radius 2 is 2.26 bits per heavy atom. The number of carbonyl (C=O) groups excluding carboxylic acids is 1. The van der Waals surface area contributed by atoms with Gasteiger partial charge in [-0.15, -0.1) is 0 Å². The fraction of sp³-hybridized carbons (Fsp3) is 0.538. The van der Waals surface area contributed by atoms with E-state index in [1.807, 2.05) is 0 Å². The molecule has 1 fully saturated rings. The number of furan rings is 1. The van der Waals surface area contributed by atoms with Crippen LogP contribution in [0.15, 0.2) is 16.7 Å². The van der Waals surface area contributed by atoms with Gasteiger partial charge >= 0.3 is 5.97 Å². The highest BCUT2D eigenvalue weighted by Gasteiger charge is 2.16. The monoisotopic (exact) mass is 267 g/mol. The molecule has 0 aromatic carbocycles. The Balaban J connectivity index is 1.75. The molecule has 1 aromatic rings. The summed E-state index contributed by atoms with van der Waals surface area (Å²) in [5, 5.41) is 11.4. The summed E-state index contributed by atoms with van der Waals surface area (Å²) in [5.41, 5.74) is -0.0271. The number of ether oxygens (including phenoxy) is 1. The van der Waals surface area contributed by atoms with Gasteiger partial charge in [0, 0.05) is 19.2 Å². The summed E-state index contributed by atoms with van der Waals surface area (Å²) in [6.07, 6.45) is 5.33. The minimum atomic E-state index is -1.11. The highest BCUT2D eigenvalue weighted by molar-refractivity contribution is 5.95. The van der Waals surface area contributed by atoms with Crippen LogP contribution in [-0.2, 0) is 4.74 Å². The summed E-state index contributed by atoms with van der Waals surface area (Å²) in [5.74, 6) is -1.50. The molecule has 1 saturated heterocycles. The molecule has 0 radical (unpaired) electrons. The predicted molar refractivity (Wildman–Crippen MR) is 66.2 cm³/mol. The summed E-state index contributed by atoms with van der Waals surface area (Å²) >= 11 is 0. The molecule has 1 aliphatic rings. The Kier molecular flexibility index (Phi) is 4.57. The van der Waals surface area contributed by atoms with Gasteiger partial charge in [-0.1, -0.05) is 0 Å². The topological polar surface area (TPSA) is 88.8 Å². The average Bonchev–Trinajstić information content (AvgIpc) is 2.89. The molecular formula is C13H17NO5. The van der Waals surface area contributed by atoms with Crippen molar-refractivity contribution >= 4 is 11.9 Å². The van der Waals surface area contributed by atoms with Crippen LogP contribution >= 0.6 is 0 Å². The van der Waals surface area contributed by atoms with E-state index in [1.54, 1.807) is 0 Å². The van der Waals surface area contributed by atoms with Crippen molar-refractivity contribution in [2.24, 2.45) is 0 Å². The standard InChI is InChI=1S/C13H17NO5/c15-12(11-7-9(8-19-11)13(16)17)14-5-4-10-3-1-2-6-18-10/h7-8,10H,1-6H2,(H,14,15)(H,16,17). The van der Waals surface area contributed by atoms with Gasteiger partial charge in [0.25, 0.3) is 5.91 Å². The molecule has 0 aliphatic carbocycles. The predicted octanol–water partition coefficient (Wildman–Crippen LogP) is 1.67. The molecule has 2 rings (SSSR count). The van der Waals surface area contributed by atoms with Crippen LogP contribution < -0.4 is 5.32 Å². The number of hydrogen-bond donors (Lipinski definition) is 2. The van der Waals surface area contributed by atoms with Crippen molar-refractivity contribution in [2.75, 3.05) is 13.2 Å². The van der Waals surface area contributed by atoms with Crippen molar-refractivity contribution < 1.29 is 23.8 Å². The molecule has 104 valence electrons. The van der Waals surface area contributed by atoms with E-state index in [4.69, 9.17) is 14.3 Å². The Morgan fingerprint density at radius 1 is 1.42 bits per heavy atom. The van der Waals surface area contributed by atoms with Gasteiger partial charge in [0.15, 0.2) is 5.76 Å². The van der Waals surface area contributed by atoms with Gasteiger partial charge in [-0.25, -0.2) is 4.79 Å². The van der Waals surface area contributed by atoms with Crippen molar-refractivity contribution in [3.05, 3.63) is 23.7 Å². The highest BCUT2D eigenvalue weighted by atomic mass is 16.5. The van der Waals surface area contributed by atoms with Gasteiger partial charge in [-0.05, 0) is 25.7 Å². The molecule has 1 atom stereocenters. The number of hydrogen-bond acceptors (Lipinski definition) is 4. The molecule has 0 spiro atoms. The van der Waals surface area contributed by atoms with Gasteiger partial charge < -0.3 is 19.6 Å². The minimum Gasteiger partial charge on any atom is -0.478 e. The molecule has 1 amide bonds. The third kappa shape index (κ3) is 3.82. The third-order valence-electron chi connectivity index (χ3n) is 3.10. The highest BCUT2D eigenvalue weighted by Crippen LogP contribution is 2.15. The first-order chi connectivity index (χ1) is 9.16. The van der Waals surface area contributed by atoms with Gasteiger partial charge in [-0.3, -0.25) is 4.79 Å². The zero-order valence-corrected chi connectivity index (χ0v) is 10.6. The van der Waals surface area contributed by atoms with Crippen LogP contribution in [0.5, 0.6) is 0 Å². The van der Waals surface area contributed by atoms with E-state index < -0.39 is 11.9 Å². The first kappa shape index (κ1) is 13.6. The number of rotatable bonds is 5. The normalized spacial score (nSPS) is 19.1. The van der Waals surface area contributed by atoms with Crippen molar-refractivity contribution in [3.63, 3.8) is 0 Å². The fourth-order valence-electron chi connectivity index (χ4n) is 2.04. The van der Waals surface area contributed by atoms with Crippen LogP contribution in [0.25, 0.3) is 0 Å². The Bertz CT molecular complexity index is 448. The lowest BCUT2D eigenvalue weighted by Crippen LogP contribution is -2.29.